The van der Waals surface area contributed by atoms with E-state index in [1.807, 2.05) is 0 Å². The van der Waals surface area contributed by atoms with Crippen LogP contribution >= 0.6 is 0 Å². The van der Waals surface area contributed by atoms with Crippen LogP contribution in [-0.4, -0.2) is 0 Å². The molecule has 4 aliphatic carbocycles. The highest BCUT2D eigenvalue weighted by atomic mass is 14.6. The lowest BCUT2D eigenvalue weighted by Crippen LogP contribution is -2.33. The van der Waals surface area contributed by atoms with E-state index in [1.165, 1.54) is 6.42 Å². The zero-order valence-corrected chi connectivity index (χ0v) is 13.0. The molecule has 0 aromatic heterocycles. The van der Waals surface area contributed by atoms with E-state index in [1.54, 1.807) is 51.4 Å². The predicted molar refractivity (Wildman–Crippen MR) is 80.8 cm³/mol. The van der Waals surface area contributed by atoms with Gasteiger partial charge in [0.2, 0.25) is 0 Å². The van der Waals surface area contributed by atoms with Crippen molar-refractivity contribution in [3.63, 3.8) is 0 Å². The first-order chi connectivity index (χ1) is 9.28. The average Bonchev–Trinajstić information content (AvgIpc) is 2.93. The first kappa shape index (κ1) is 12.7. The Labute approximate surface area is 119 Å². The second kappa shape index (κ2) is 4.78. The molecular weight excluding hydrogens is 228 g/mol. The largest absolute Gasteiger partial charge is 0.0651 e. The van der Waals surface area contributed by atoms with E-state index in [9.17, 15) is 0 Å². The third-order valence-corrected chi connectivity index (χ3v) is 8.05. The second-order valence-electron chi connectivity index (χ2n) is 8.53. The molecule has 4 fully saturated rings. The molecule has 6 unspecified atom stereocenters. The fourth-order valence-corrected chi connectivity index (χ4v) is 7.05. The molecule has 0 saturated heterocycles. The maximum absolute atomic E-state index is 2.59. The van der Waals surface area contributed by atoms with Crippen molar-refractivity contribution in [3.05, 3.63) is 0 Å². The van der Waals surface area contributed by atoms with Crippen molar-refractivity contribution in [2.24, 2.45) is 47.3 Å². The smallest absolute Gasteiger partial charge is 0.0349 e. The van der Waals surface area contributed by atoms with Gasteiger partial charge in [0, 0.05) is 0 Å². The van der Waals surface area contributed by atoms with Crippen molar-refractivity contribution >= 4 is 0 Å². The Balaban J connectivity index is 1.51. The van der Waals surface area contributed by atoms with Crippen molar-refractivity contribution in [2.45, 2.75) is 71.6 Å². The lowest BCUT2D eigenvalue weighted by Gasteiger charge is -2.43. The van der Waals surface area contributed by atoms with Crippen molar-refractivity contribution < 1.29 is 0 Å². The Bertz CT molecular complexity index is 333. The van der Waals surface area contributed by atoms with E-state index in [0.717, 1.165) is 47.3 Å². The van der Waals surface area contributed by atoms with Crippen LogP contribution in [0.2, 0.25) is 0 Å². The summed E-state index contributed by atoms with van der Waals surface area (Å²) in [5.41, 5.74) is 0. The Kier molecular flexibility index (Phi) is 3.20. The monoisotopic (exact) mass is 260 g/mol. The normalized spacial score (nSPS) is 56.5. The topological polar surface area (TPSA) is 0 Å². The summed E-state index contributed by atoms with van der Waals surface area (Å²) < 4.78 is 0. The molecular formula is C19H32. The molecule has 19 heavy (non-hydrogen) atoms. The summed E-state index contributed by atoms with van der Waals surface area (Å²) in [6, 6.07) is 0. The van der Waals surface area contributed by atoms with Gasteiger partial charge in [-0.25, -0.2) is 0 Å². The van der Waals surface area contributed by atoms with Gasteiger partial charge in [0.1, 0.15) is 0 Å². The van der Waals surface area contributed by atoms with E-state index >= 15 is 0 Å². The molecule has 0 radical (unpaired) electrons. The minimum Gasteiger partial charge on any atom is -0.0651 e. The van der Waals surface area contributed by atoms with Gasteiger partial charge in [-0.1, -0.05) is 46.0 Å². The molecule has 0 heterocycles. The van der Waals surface area contributed by atoms with Gasteiger partial charge in [0.05, 0.1) is 0 Å². The molecule has 0 amide bonds. The van der Waals surface area contributed by atoms with E-state index < -0.39 is 0 Å². The summed E-state index contributed by atoms with van der Waals surface area (Å²) in [6.07, 6.45) is 14.2. The Morgan fingerprint density at radius 3 is 2.16 bits per heavy atom. The summed E-state index contributed by atoms with van der Waals surface area (Å²) in [4.78, 5) is 0. The molecule has 0 aromatic carbocycles. The van der Waals surface area contributed by atoms with Crippen LogP contribution in [0.5, 0.6) is 0 Å². The molecule has 8 atom stereocenters. The third kappa shape index (κ3) is 1.92. The van der Waals surface area contributed by atoms with E-state index in [0.29, 0.717) is 0 Å². The highest BCUT2D eigenvalue weighted by Crippen LogP contribution is 2.62. The predicted octanol–water partition coefficient (Wildman–Crippen LogP) is 5.52. The summed E-state index contributed by atoms with van der Waals surface area (Å²) in [7, 11) is 0. The van der Waals surface area contributed by atoms with Crippen LogP contribution in [0.25, 0.3) is 0 Å². The van der Waals surface area contributed by atoms with Crippen molar-refractivity contribution in [1.82, 2.24) is 0 Å². The Morgan fingerprint density at radius 1 is 0.737 bits per heavy atom. The Morgan fingerprint density at radius 2 is 1.42 bits per heavy atom. The SMILES string of the molecule is CCC1CC2C3C[C@H]4CCCC[C@H]4CC3CC2C1C. The first-order valence-electron chi connectivity index (χ1n) is 9.28. The van der Waals surface area contributed by atoms with Crippen LogP contribution in [0.1, 0.15) is 71.6 Å². The maximum Gasteiger partial charge on any atom is -0.0349 e. The van der Waals surface area contributed by atoms with E-state index in [4.69, 9.17) is 0 Å². The van der Waals surface area contributed by atoms with Crippen molar-refractivity contribution in [3.8, 4) is 0 Å². The minimum absolute atomic E-state index is 1.04. The molecule has 4 aliphatic rings. The van der Waals surface area contributed by atoms with Gasteiger partial charge in [0.25, 0.3) is 0 Å². The lowest BCUT2D eigenvalue weighted by molar-refractivity contribution is 0.0740. The van der Waals surface area contributed by atoms with Gasteiger partial charge >= 0.3 is 0 Å². The highest BCUT2D eigenvalue weighted by Gasteiger charge is 2.54. The first-order valence-corrected chi connectivity index (χ1v) is 9.28. The molecule has 0 N–H and O–H groups in total. The Hall–Kier alpha value is 0. The van der Waals surface area contributed by atoms with Crippen LogP contribution in [0.4, 0.5) is 0 Å². The van der Waals surface area contributed by atoms with Crippen LogP contribution in [0, 0.1) is 47.3 Å². The third-order valence-electron chi connectivity index (χ3n) is 8.05. The van der Waals surface area contributed by atoms with Gasteiger partial charge in [-0.15, -0.1) is 0 Å². The van der Waals surface area contributed by atoms with Gasteiger partial charge in [-0.05, 0) is 73.0 Å². The number of hydrogen-bond acceptors (Lipinski definition) is 0. The quantitative estimate of drug-likeness (QED) is 0.582. The minimum atomic E-state index is 1.04. The summed E-state index contributed by atoms with van der Waals surface area (Å²) >= 11 is 0. The van der Waals surface area contributed by atoms with Crippen LogP contribution in [0.3, 0.4) is 0 Å². The van der Waals surface area contributed by atoms with E-state index in [2.05, 4.69) is 13.8 Å². The molecule has 4 rings (SSSR count). The zero-order valence-electron chi connectivity index (χ0n) is 13.0. The van der Waals surface area contributed by atoms with Crippen molar-refractivity contribution in [1.29, 1.82) is 0 Å². The summed E-state index contributed by atoms with van der Waals surface area (Å²) in [5.74, 6) is 8.98. The number of fused-ring (bicyclic) bond motifs is 4. The average molecular weight is 260 g/mol. The summed E-state index contributed by atoms with van der Waals surface area (Å²) in [6.45, 7) is 5.01. The summed E-state index contributed by atoms with van der Waals surface area (Å²) in [5, 5.41) is 0. The lowest BCUT2D eigenvalue weighted by atomic mass is 9.62. The maximum atomic E-state index is 2.59. The second-order valence-corrected chi connectivity index (χ2v) is 8.53. The molecule has 0 aromatic rings. The molecule has 0 spiro atoms. The fraction of sp³-hybridized carbons (Fsp3) is 1.00. The molecule has 0 nitrogen and oxygen atoms in total. The molecule has 108 valence electrons. The van der Waals surface area contributed by atoms with Gasteiger partial charge in [-0.2, -0.15) is 0 Å². The van der Waals surface area contributed by atoms with E-state index in [-0.39, 0.29) is 0 Å². The highest BCUT2D eigenvalue weighted by molar-refractivity contribution is 5.03. The standard InChI is InChI=1S/C19H32/c1-3-13-9-19-17(12(13)2)11-16-8-14-6-4-5-7-15(14)10-18(16)19/h12-19H,3-11H2,1-2H3/t12?,13?,14-,15+,16?,17?,18?,19?/m0/s1. The fourth-order valence-electron chi connectivity index (χ4n) is 7.05. The molecule has 0 bridgehead atoms. The molecule has 0 aliphatic heterocycles. The van der Waals surface area contributed by atoms with Gasteiger partial charge in [0.15, 0.2) is 0 Å². The molecule has 0 heteroatoms. The molecule has 4 saturated carbocycles. The number of rotatable bonds is 1. The van der Waals surface area contributed by atoms with Crippen LogP contribution in [0.15, 0.2) is 0 Å². The van der Waals surface area contributed by atoms with Crippen LogP contribution < -0.4 is 0 Å². The van der Waals surface area contributed by atoms with Gasteiger partial charge < -0.3 is 0 Å². The number of hydrogen-bond donors (Lipinski definition) is 0. The zero-order chi connectivity index (χ0) is 13.0. The van der Waals surface area contributed by atoms with Crippen LogP contribution in [-0.2, 0) is 0 Å². The van der Waals surface area contributed by atoms with Crippen molar-refractivity contribution in [2.75, 3.05) is 0 Å². The van der Waals surface area contributed by atoms with Gasteiger partial charge in [-0.3, -0.25) is 0 Å².